The van der Waals surface area contributed by atoms with Gasteiger partial charge in [-0.3, -0.25) is 0 Å². The molecule has 0 atom stereocenters. The molecular weight excluding hydrogens is 292 g/mol. The monoisotopic (exact) mass is 312 g/mol. The zero-order chi connectivity index (χ0) is 15.5. The summed E-state index contributed by atoms with van der Waals surface area (Å²) in [6, 6.07) is 8.41. The van der Waals surface area contributed by atoms with Crippen LogP contribution in [0.1, 0.15) is 18.4 Å². The fourth-order valence-corrected chi connectivity index (χ4v) is 3.12. The van der Waals surface area contributed by atoms with Crippen LogP contribution in [0, 0.1) is 0 Å². The van der Waals surface area contributed by atoms with Gasteiger partial charge in [-0.05, 0) is 25.0 Å². The fourth-order valence-electron chi connectivity index (χ4n) is 3.12. The molecule has 0 spiro atoms. The van der Waals surface area contributed by atoms with Crippen molar-refractivity contribution >= 4 is 5.95 Å². The molecule has 1 aromatic carbocycles. The summed E-state index contributed by atoms with van der Waals surface area (Å²) < 4.78 is 11.0. The molecule has 0 unspecified atom stereocenters. The van der Waals surface area contributed by atoms with E-state index in [1.807, 2.05) is 18.2 Å². The van der Waals surface area contributed by atoms with Crippen LogP contribution in [0.15, 0.2) is 36.7 Å². The quantitative estimate of drug-likeness (QED) is 0.931. The van der Waals surface area contributed by atoms with E-state index in [0.29, 0.717) is 12.8 Å². The third kappa shape index (κ3) is 3.07. The first kappa shape index (κ1) is 14.3. The number of aromatic nitrogens is 2. The van der Waals surface area contributed by atoms with Crippen LogP contribution in [0.3, 0.4) is 0 Å². The van der Waals surface area contributed by atoms with Crippen LogP contribution in [-0.2, 0) is 6.54 Å². The number of piperidine rings is 1. The summed E-state index contributed by atoms with van der Waals surface area (Å²) in [4.78, 5) is 10.9. The molecule has 1 fully saturated rings. The molecule has 0 aliphatic carbocycles. The molecule has 1 saturated heterocycles. The molecule has 0 amide bonds. The van der Waals surface area contributed by atoms with Gasteiger partial charge in [0.05, 0.1) is 0 Å². The molecule has 3 heterocycles. The van der Waals surface area contributed by atoms with E-state index in [1.165, 1.54) is 0 Å². The second-order valence-electron chi connectivity index (χ2n) is 5.84. The number of para-hydroxylation sites is 1. The minimum atomic E-state index is 0.321. The van der Waals surface area contributed by atoms with Crippen molar-refractivity contribution < 1.29 is 9.47 Å². The molecule has 2 aliphatic heterocycles. The van der Waals surface area contributed by atoms with Crippen molar-refractivity contribution in [3.05, 3.63) is 42.2 Å². The molecule has 23 heavy (non-hydrogen) atoms. The van der Waals surface area contributed by atoms with Crippen molar-refractivity contribution in [2.75, 3.05) is 24.8 Å². The van der Waals surface area contributed by atoms with Gasteiger partial charge in [0.1, 0.15) is 0 Å². The summed E-state index contributed by atoms with van der Waals surface area (Å²) in [5.74, 6) is 2.56. The van der Waals surface area contributed by atoms with Crippen LogP contribution in [0.2, 0.25) is 0 Å². The molecule has 2 aromatic rings. The van der Waals surface area contributed by atoms with Gasteiger partial charge in [0, 0.05) is 43.6 Å². The SMILES string of the molecule is c1cnc(N2CCC(NCc3cccc4c3OCO4)CC2)nc1. The second-order valence-corrected chi connectivity index (χ2v) is 5.84. The summed E-state index contributed by atoms with van der Waals surface area (Å²) in [7, 11) is 0. The van der Waals surface area contributed by atoms with Gasteiger partial charge in [0.15, 0.2) is 11.5 Å². The van der Waals surface area contributed by atoms with Gasteiger partial charge < -0.3 is 19.7 Å². The van der Waals surface area contributed by atoms with E-state index in [-0.39, 0.29) is 0 Å². The van der Waals surface area contributed by atoms with Crippen molar-refractivity contribution in [1.82, 2.24) is 15.3 Å². The summed E-state index contributed by atoms with van der Waals surface area (Å²) in [6.45, 7) is 3.09. The molecule has 0 bridgehead atoms. The maximum atomic E-state index is 5.56. The maximum Gasteiger partial charge on any atom is 0.231 e. The Morgan fingerprint density at radius 1 is 1.09 bits per heavy atom. The van der Waals surface area contributed by atoms with Gasteiger partial charge in [-0.2, -0.15) is 0 Å². The van der Waals surface area contributed by atoms with Gasteiger partial charge in [-0.25, -0.2) is 9.97 Å². The topological polar surface area (TPSA) is 59.5 Å². The van der Waals surface area contributed by atoms with Crippen LogP contribution >= 0.6 is 0 Å². The number of benzene rings is 1. The minimum Gasteiger partial charge on any atom is -0.454 e. The average molecular weight is 312 g/mol. The minimum absolute atomic E-state index is 0.321. The number of rotatable bonds is 4. The number of hydrogen-bond acceptors (Lipinski definition) is 6. The first-order valence-electron chi connectivity index (χ1n) is 8.03. The van der Waals surface area contributed by atoms with E-state index in [9.17, 15) is 0 Å². The third-order valence-corrected chi connectivity index (χ3v) is 4.39. The number of anilines is 1. The molecule has 1 N–H and O–H groups in total. The van der Waals surface area contributed by atoms with Crippen LogP contribution in [0.25, 0.3) is 0 Å². The lowest BCUT2D eigenvalue weighted by Gasteiger charge is -2.32. The lowest BCUT2D eigenvalue weighted by atomic mass is 10.0. The van der Waals surface area contributed by atoms with Crippen molar-refractivity contribution in [2.24, 2.45) is 0 Å². The number of fused-ring (bicyclic) bond motifs is 1. The smallest absolute Gasteiger partial charge is 0.231 e. The van der Waals surface area contributed by atoms with Crippen LogP contribution in [-0.4, -0.2) is 35.9 Å². The normalized spacial score (nSPS) is 17.5. The number of nitrogens with zero attached hydrogens (tertiary/aromatic N) is 3. The number of hydrogen-bond donors (Lipinski definition) is 1. The highest BCUT2D eigenvalue weighted by atomic mass is 16.7. The summed E-state index contributed by atoms with van der Waals surface area (Å²) in [5.41, 5.74) is 1.16. The zero-order valence-electron chi connectivity index (χ0n) is 12.9. The zero-order valence-corrected chi connectivity index (χ0v) is 12.9. The highest BCUT2D eigenvalue weighted by Crippen LogP contribution is 2.35. The molecule has 4 rings (SSSR count). The van der Waals surface area contributed by atoms with Gasteiger partial charge >= 0.3 is 0 Å². The first-order valence-corrected chi connectivity index (χ1v) is 8.03. The Morgan fingerprint density at radius 2 is 1.91 bits per heavy atom. The van der Waals surface area contributed by atoms with Gasteiger partial charge in [0.2, 0.25) is 12.7 Å². The largest absolute Gasteiger partial charge is 0.454 e. The summed E-state index contributed by atoms with van der Waals surface area (Å²) in [6.07, 6.45) is 5.77. The Morgan fingerprint density at radius 3 is 2.74 bits per heavy atom. The molecule has 0 radical (unpaired) electrons. The molecule has 6 heteroatoms. The molecule has 120 valence electrons. The molecule has 0 saturated carbocycles. The van der Waals surface area contributed by atoms with E-state index in [4.69, 9.17) is 9.47 Å². The average Bonchev–Trinajstić information content (AvgIpc) is 3.10. The summed E-state index contributed by atoms with van der Waals surface area (Å²) in [5, 5.41) is 3.64. The summed E-state index contributed by atoms with van der Waals surface area (Å²) >= 11 is 0. The lowest BCUT2D eigenvalue weighted by Crippen LogP contribution is -2.42. The van der Waals surface area contributed by atoms with E-state index >= 15 is 0 Å². The van der Waals surface area contributed by atoms with Crippen molar-refractivity contribution in [1.29, 1.82) is 0 Å². The third-order valence-electron chi connectivity index (χ3n) is 4.39. The first-order chi connectivity index (χ1) is 11.4. The maximum absolute atomic E-state index is 5.56. The van der Waals surface area contributed by atoms with Crippen molar-refractivity contribution in [2.45, 2.75) is 25.4 Å². The number of ether oxygens (including phenoxy) is 2. The molecule has 2 aliphatic rings. The molecular formula is C17H20N4O2. The molecule has 6 nitrogen and oxygen atoms in total. The second kappa shape index (κ2) is 6.42. The van der Waals surface area contributed by atoms with Crippen LogP contribution in [0.5, 0.6) is 11.5 Å². The Labute approximate surface area is 135 Å². The predicted octanol–water partition coefficient (Wildman–Crippen LogP) is 1.96. The highest BCUT2D eigenvalue weighted by Gasteiger charge is 2.22. The lowest BCUT2D eigenvalue weighted by molar-refractivity contribution is 0.173. The van der Waals surface area contributed by atoms with Crippen molar-refractivity contribution in [3.8, 4) is 11.5 Å². The van der Waals surface area contributed by atoms with Crippen LogP contribution < -0.4 is 19.7 Å². The van der Waals surface area contributed by atoms with E-state index in [2.05, 4.69) is 26.3 Å². The van der Waals surface area contributed by atoms with Gasteiger partial charge in [0.25, 0.3) is 0 Å². The fraction of sp³-hybridized carbons (Fsp3) is 0.412. The van der Waals surface area contributed by atoms with Gasteiger partial charge in [-0.1, -0.05) is 12.1 Å². The van der Waals surface area contributed by atoms with E-state index in [1.54, 1.807) is 12.4 Å². The predicted molar refractivity (Wildman–Crippen MR) is 86.7 cm³/mol. The Balaban J connectivity index is 1.31. The highest BCUT2D eigenvalue weighted by molar-refractivity contribution is 5.48. The molecule has 1 aromatic heterocycles. The van der Waals surface area contributed by atoms with Gasteiger partial charge in [-0.15, -0.1) is 0 Å². The Kier molecular flexibility index (Phi) is 3.98. The standard InChI is InChI=1S/C17H20N4O2/c1-3-13(16-15(4-1)22-12-23-16)11-20-14-5-9-21(10-6-14)17-18-7-2-8-19-17/h1-4,7-8,14,20H,5-6,9-12H2. The Bertz CT molecular complexity index is 657. The van der Waals surface area contributed by atoms with E-state index < -0.39 is 0 Å². The van der Waals surface area contributed by atoms with Crippen LogP contribution in [0.4, 0.5) is 5.95 Å². The number of nitrogens with one attached hydrogen (secondary N) is 1. The van der Waals surface area contributed by atoms with E-state index in [0.717, 1.165) is 55.5 Å². The Hall–Kier alpha value is -2.34. The van der Waals surface area contributed by atoms with Crippen molar-refractivity contribution in [3.63, 3.8) is 0 Å².